The Balaban J connectivity index is 1.67. The highest BCUT2D eigenvalue weighted by Gasteiger charge is 2.07. The van der Waals surface area contributed by atoms with Crippen LogP contribution in [0, 0.1) is 0 Å². The Morgan fingerprint density at radius 2 is 1.52 bits per heavy atom. The molecule has 0 atom stereocenters. The van der Waals surface area contributed by atoms with Gasteiger partial charge in [-0.3, -0.25) is 14.3 Å². The van der Waals surface area contributed by atoms with E-state index < -0.39 is 10.0 Å². The van der Waals surface area contributed by atoms with E-state index in [0.717, 1.165) is 11.8 Å². The number of carbonyl (C=O) groups is 2. The van der Waals surface area contributed by atoms with Gasteiger partial charge in [-0.1, -0.05) is 30.3 Å². The first kappa shape index (κ1) is 20.4. The number of aryl methyl sites for hydroxylation is 1. The van der Waals surface area contributed by atoms with Crippen molar-refractivity contribution in [1.82, 2.24) is 10.6 Å². The highest BCUT2D eigenvalue weighted by Crippen LogP contribution is 2.10. The van der Waals surface area contributed by atoms with Crippen molar-refractivity contribution in [2.75, 3.05) is 24.1 Å². The molecule has 8 heteroatoms. The van der Waals surface area contributed by atoms with Gasteiger partial charge in [0.15, 0.2) is 0 Å². The molecule has 0 saturated heterocycles. The Morgan fingerprint density at radius 1 is 0.889 bits per heavy atom. The van der Waals surface area contributed by atoms with Crippen molar-refractivity contribution < 1.29 is 18.0 Å². The number of carbonyl (C=O) groups excluding carboxylic acids is 2. The molecule has 27 heavy (non-hydrogen) atoms. The molecule has 0 aromatic heterocycles. The van der Waals surface area contributed by atoms with E-state index >= 15 is 0 Å². The molecule has 2 aromatic carbocycles. The van der Waals surface area contributed by atoms with Crippen LogP contribution in [0.25, 0.3) is 0 Å². The van der Waals surface area contributed by atoms with Crippen molar-refractivity contribution >= 4 is 27.5 Å². The number of hydrogen-bond donors (Lipinski definition) is 3. The summed E-state index contributed by atoms with van der Waals surface area (Å²) in [5.41, 5.74) is 1.90. The summed E-state index contributed by atoms with van der Waals surface area (Å²) in [6.45, 7) is 0.645. The predicted octanol–water partition coefficient (Wildman–Crippen LogP) is 1.54. The first-order chi connectivity index (χ1) is 12.8. The summed E-state index contributed by atoms with van der Waals surface area (Å²) in [5.74, 6) is -0.358. The molecule has 0 saturated carbocycles. The van der Waals surface area contributed by atoms with Gasteiger partial charge in [0.25, 0.3) is 5.91 Å². The van der Waals surface area contributed by atoms with E-state index in [-0.39, 0.29) is 11.8 Å². The molecular weight excluding hydrogens is 366 g/mol. The average molecular weight is 389 g/mol. The molecular formula is C19H23N3O4S. The van der Waals surface area contributed by atoms with Crippen LogP contribution in [0.15, 0.2) is 54.6 Å². The van der Waals surface area contributed by atoms with Gasteiger partial charge in [0, 0.05) is 30.8 Å². The molecule has 0 aliphatic rings. The number of sulfonamides is 1. The van der Waals surface area contributed by atoms with Gasteiger partial charge in [-0.15, -0.1) is 0 Å². The molecule has 2 rings (SSSR count). The van der Waals surface area contributed by atoms with Crippen LogP contribution in [0.1, 0.15) is 22.3 Å². The molecule has 0 aliphatic carbocycles. The lowest BCUT2D eigenvalue weighted by Crippen LogP contribution is -2.34. The topological polar surface area (TPSA) is 104 Å². The number of nitrogens with one attached hydrogen (secondary N) is 3. The van der Waals surface area contributed by atoms with Crippen LogP contribution < -0.4 is 15.4 Å². The fourth-order valence-electron chi connectivity index (χ4n) is 2.37. The molecule has 144 valence electrons. The predicted molar refractivity (Wildman–Crippen MR) is 105 cm³/mol. The van der Waals surface area contributed by atoms with Gasteiger partial charge in [0.1, 0.15) is 0 Å². The van der Waals surface area contributed by atoms with Crippen LogP contribution in [0.5, 0.6) is 0 Å². The van der Waals surface area contributed by atoms with Gasteiger partial charge in [0.2, 0.25) is 15.9 Å². The van der Waals surface area contributed by atoms with E-state index in [0.29, 0.717) is 37.2 Å². The van der Waals surface area contributed by atoms with E-state index in [4.69, 9.17) is 0 Å². The highest BCUT2D eigenvalue weighted by atomic mass is 32.2. The monoisotopic (exact) mass is 389 g/mol. The third-order valence-corrected chi connectivity index (χ3v) is 4.27. The Hall–Kier alpha value is -2.87. The summed E-state index contributed by atoms with van der Waals surface area (Å²) in [6, 6.07) is 15.8. The fourth-order valence-corrected chi connectivity index (χ4v) is 2.94. The molecule has 0 fully saturated rings. The van der Waals surface area contributed by atoms with E-state index in [1.165, 1.54) is 24.3 Å². The van der Waals surface area contributed by atoms with Crippen LogP contribution in [-0.2, 0) is 21.2 Å². The molecule has 0 aliphatic heterocycles. The number of hydrogen-bond acceptors (Lipinski definition) is 4. The lowest BCUT2D eigenvalue weighted by Gasteiger charge is -2.08. The van der Waals surface area contributed by atoms with E-state index in [1.54, 1.807) is 0 Å². The zero-order chi connectivity index (χ0) is 19.7. The van der Waals surface area contributed by atoms with Crippen LogP contribution in [-0.4, -0.2) is 39.6 Å². The first-order valence-electron chi connectivity index (χ1n) is 8.50. The van der Waals surface area contributed by atoms with E-state index in [2.05, 4.69) is 15.4 Å². The molecule has 0 radical (unpaired) electrons. The van der Waals surface area contributed by atoms with Crippen molar-refractivity contribution in [3.63, 3.8) is 0 Å². The molecule has 3 N–H and O–H groups in total. The molecule has 2 amide bonds. The molecule has 0 spiro atoms. The fraction of sp³-hybridized carbons (Fsp3) is 0.263. The van der Waals surface area contributed by atoms with Gasteiger partial charge in [-0.2, -0.15) is 0 Å². The zero-order valence-corrected chi connectivity index (χ0v) is 15.9. The van der Waals surface area contributed by atoms with Gasteiger partial charge >= 0.3 is 0 Å². The molecule has 0 bridgehead atoms. The van der Waals surface area contributed by atoms with Crippen molar-refractivity contribution in [2.45, 2.75) is 12.8 Å². The summed E-state index contributed by atoms with van der Waals surface area (Å²) in [7, 11) is -3.35. The minimum atomic E-state index is -3.35. The van der Waals surface area contributed by atoms with Crippen LogP contribution >= 0.6 is 0 Å². The van der Waals surface area contributed by atoms with Crippen molar-refractivity contribution in [2.24, 2.45) is 0 Å². The summed E-state index contributed by atoms with van der Waals surface area (Å²) < 4.78 is 24.6. The summed E-state index contributed by atoms with van der Waals surface area (Å²) in [4.78, 5) is 23.8. The second-order valence-corrected chi connectivity index (χ2v) is 7.79. The summed E-state index contributed by atoms with van der Waals surface area (Å²) in [5, 5.41) is 5.47. The maximum absolute atomic E-state index is 12.0. The number of amides is 2. The lowest BCUT2D eigenvalue weighted by atomic mass is 10.1. The summed E-state index contributed by atoms with van der Waals surface area (Å²) >= 11 is 0. The third kappa shape index (κ3) is 7.91. The standard InChI is InChI=1S/C19H23N3O4S/c1-27(25,26)22-17-10-8-16(9-11-17)19(24)21-14-13-20-18(23)12-7-15-5-3-2-4-6-15/h2-6,8-11,22H,7,12-14H2,1H3,(H,20,23)(H,21,24). The lowest BCUT2D eigenvalue weighted by molar-refractivity contribution is -0.121. The van der Waals surface area contributed by atoms with Crippen molar-refractivity contribution in [3.05, 3.63) is 65.7 Å². The van der Waals surface area contributed by atoms with Crippen LogP contribution in [0.2, 0.25) is 0 Å². The molecule has 2 aromatic rings. The smallest absolute Gasteiger partial charge is 0.251 e. The Labute approximate surface area is 159 Å². The zero-order valence-electron chi connectivity index (χ0n) is 15.1. The number of benzene rings is 2. The first-order valence-corrected chi connectivity index (χ1v) is 10.4. The third-order valence-electron chi connectivity index (χ3n) is 3.67. The van der Waals surface area contributed by atoms with E-state index in [1.807, 2.05) is 30.3 Å². The van der Waals surface area contributed by atoms with Gasteiger partial charge < -0.3 is 10.6 Å². The largest absolute Gasteiger partial charge is 0.354 e. The molecule has 0 heterocycles. The minimum Gasteiger partial charge on any atom is -0.354 e. The Kier molecular flexibility index (Phi) is 7.36. The number of anilines is 1. The highest BCUT2D eigenvalue weighted by molar-refractivity contribution is 7.92. The van der Waals surface area contributed by atoms with Gasteiger partial charge in [-0.05, 0) is 36.2 Å². The molecule has 0 unspecified atom stereocenters. The Morgan fingerprint density at radius 3 is 2.15 bits per heavy atom. The number of rotatable bonds is 9. The maximum Gasteiger partial charge on any atom is 0.251 e. The van der Waals surface area contributed by atoms with Gasteiger partial charge in [0.05, 0.1) is 6.26 Å². The van der Waals surface area contributed by atoms with Crippen molar-refractivity contribution in [3.8, 4) is 0 Å². The second-order valence-electron chi connectivity index (χ2n) is 6.04. The van der Waals surface area contributed by atoms with Crippen LogP contribution in [0.4, 0.5) is 5.69 Å². The minimum absolute atomic E-state index is 0.0655. The van der Waals surface area contributed by atoms with Gasteiger partial charge in [-0.25, -0.2) is 8.42 Å². The average Bonchev–Trinajstić information content (AvgIpc) is 2.63. The van der Waals surface area contributed by atoms with E-state index in [9.17, 15) is 18.0 Å². The van der Waals surface area contributed by atoms with Crippen LogP contribution in [0.3, 0.4) is 0 Å². The Bertz CT molecular complexity index is 866. The quantitative estimate of drug-likeness (QED) is 0.566. The van der Waals surface area contributed by atoms with Crippen molar-refractivity contribution in [1.29, 1.82) is 0 Å². The summed E-state index contributed by atoms with van der Waals surface area (Å²) in [6.07, 6.45) is 2.13. The maximum atomic E-state index is 12.0. The second kappa shape index (κ2) is 9.72. The molecule has 7 nitrogen and oxygen atoms in total. The SMILES string of the molecule is CS(=O)(=O)Nc1ccc(C(=O)NCCNC(=O)CCc2ccccc2)cc1. The normalized spacial score (nSPS) is 10.9.